The van der Waals surface area contributed by atoms with Gasteiger partial charge in [0.25, 0.3) is 0 Å². The van der Waals surface area contributed by atoms with Gasteiger partial charge >= 0.3 is 0 Å². The van der Waals surface area contributed by atoms with E-state index in [-0.39, 0.29) is 11.8 Å². The average Bonchev–Trinajstić information content (AvgIpc) is 2.25. The molecule has 0 aromatic carbocycles. The molecule has 1 N–H and O–H groups in total. The lowest BCUT2D eigenvalue weighted by Crippen LogP contribution is -2.32. The maximum absolute atomic E-state index is 11.5. The second kappa shape index (κ2) is 10.3. The molecule has 90 valence electrons. The Labute approximate surface area is 97.3 Å². The summed E-state index contributed by atoms with van der Waals surface area (Å²) in [5.41, 5.74) is 0. The highest BCUT2D eigenvalue weighted by Crippen LogP contribution is 2.06. The highest BCUT2D eigenvalue weighted by Gasteiger charge is 2.10. The highest BCUT2D eigenvalue weighted by molar-refractivity contribution is 7.98. The Hall–Kier alpha value is -0.220. The molecule has 0 saturated heterocycles. The number of carbonyl (C=O) groups is 1. The number of nitrogens with one attached hydrogen (secondary N) is 1. The molecular weight excluding hydrogens is 210 g/mol. The van der Waals surface area contributed by atoms with Crippen LogP contribution in [0.2, 0.25) is 0 Å². The monoisotopic (exact) mass is 233 g/mol. The van der Waals surface area contributed by atoms with Crippen molar-refractivity contribution in [1.82, 2.24) is 5.32 Å². The van der Waals surface area contributed by atoms with Gasteiger partial charge in [-0.1, -0.05) is 13.8 Å². The Morgan fingerprint density at radius 1 is 1.47 bits per heavy atom. The van der Waals surface area contributed by atoms with E-state index in [9.17, 15) is 4.79 Å². The minimum absolute atomic E-state index is 0.114. The van der Waals surface area contributed by atoms with E-state index in [4.69, 9.17) is 4.74 Å². The minimum Gasteiger partial charge on any atom is -0.380 e. The number of hydrogen-bond donors (Lipinski definition) is 1. The third-order valence-electron chi connectivity index (χ3n) is 2.10. The first-order valence-electron chi connectivity index (χ1n) is 5.56. The van der Waals surface area contributed by atoms with Crippen molar-refractivity contribution in [3.63, 3.8) is 0 Å². The molecule has 0 radical (unpaired) electrons. The number of ether oxygens (including phenoxy) is 1. The predicted octanol–water partition coefficient (Wildman–Crippen LogP) is 1.92. The summed E-state index contributed by atoms with van der Waals surface area (Å²) in [6.07, 6.45) is 4.03. The zero-order chi connectivity index (χ0) is 11.5. The van der Waals surface area contributed by atoms with Gasteiger partial charge in [0.2, 0.25) is 5.91 Å². The van der Waals surface area contributed by atoms with Crippen molar-refractivity contribution < 1.29 is 9.53 Å². The molecule has 4 heteroatoms. The zero-order valence-corrected chi connectivity index (χ0v) is 10.9. The summed E-state index contributed by atoms with van der Waals surface area (Å²) in [4.78, 5) is 11.5. The van der Waals surface area contributed by atoms with Crippen LogP contribution in [0.25, 0.3) is 0 Å². The van der Waals surface area contributed by atoms with Gasteiger partial charge in [-0.05, 0) is 24.9 Å². The fourth-order valence-electron chi connectivity index (χ4n) is 1.09. The number of carbonyl (C=O) groups excluding carboxylic acids is 1. The molecule has 1 unspecified atom stereocenters. The molecule has 0 spiro atoms. The highest BCUT2D eigenvalue weighted by atomic mass is 32.2. The minimum atomic E-state index is 0.114. The lowest BCUT2D eigenvalue weighted by molar-refractivity contribution is -0.124. The Morgan fingerprint density at radius 3 is 2.80 bits per heavy atom. The number of thioether (sulfide) groups is 1. The van der Waals surface area contributed by atoms with Gasteiger partial charge in [0, 0.05) is 19.1 Å². The number of hydrogen-bond acceptors (Lipinski definition) is 3. The van der Waals surface area contributed by atoms with Gasteiger partial charge in [-0.25, -0.2) is 0 Å². The van der Waals surface area contributed by atoms with Gasteiger partial charge in [-0.15, -0.1) is 0 Å². The fourth-order valence-corrected chi connectivity index (χ4v) is 1.68. The van der Waals surface area contributed by atoms with Gasteiger partial charge < -0.3 is 10.1 Å². The Balaban J connectivity index is 3.38. The fraction of sp³-hybridized carbons (Fsp3) is 0.909. The van der Waals surface area contributed by atoms with Crippen molar-refractivity contribution in [2.75, 3.05) is 31.8 Å². The first kappa shape index (κ1) is 14.8. The predicted molar refractivity (Wildman–Crippen MR) is 66.3 cm³/mol. The smallest absolute Gasteiger partial charge is 0.222 e. The van der Waals surface area contributed by atoms with E-state index in [1.807, 2.05) is 6.92 Å². The molecule has 3 nitrogen and oxygen atoms in total. The van der Waals surface area contributed by atoms with Crippen molar-refractivity contribution in [1.29, 1.82) is 0 Å². The third kappa shape index (κ3) is 8.75. The van der Waals surface area contributed by atoms with Gasteiger partial charge in [-0.3, -0.25) is 4.79 Å². The summed E-state index contributed by atoms with van der Waals surface area (Å²) in [7, 11) is 0. The molecule has 15 heavy (non-hydrogen) atoms. The average molecular weight is 233 g/mol. The van der Waals surface area contributed by atoms with Gasteiger partial charge in [-0.2, -0.15) is 11.8 Å². The number of rotatable bonds is 9. The van der Waals surface area contributed by atoms with E-state index in [1.54, 1.807) is 11.8 Å². The topological polar surface area (TPSA) is 38.3 Å². The van der Waals surface area contributed by atoms with Gasteiger partial charge in [0.15, 0.2) is 0 Å². The van der Waals surface area contributed by atoms with Crippen LogP contribution in [0, 0.1) is 5.92 Å². The third-order valence-corrected chi connectivity index (χ3v) is 2.74. The second-order valence-electron chi connectivity index (χ2n) is 3.59. The lowest BCUT2D eigenvalue weighted by Gasteiger charge is -2.11. The maximum atomic E-state index is 11.5. The SMILES string of the molecule is CCCOCCNC(=O)C(C)CCSC. The number of amides is 1. The lowest BCUT2D eigenvalue weighted by atomic mass is 10.1. The summed E-state index contributed by atoms with van der Waals surface area (Å²) in [5.74, 6) is 1.30. The van der Waals surface area contributed by atoms with Crippen LogP contribution in [-0.2, 0) is 9.53 Å². The normalized spacial score (nSPS) is 12.5. The summed E-state index contributed by atoms with van der Waals surface area (Å²) >= 11 is 1.78. The first-order chi connectivity index (χ1) is 7.22. The van der Waals surface area contributed by atoms with Crippen LogP contribution in [-0.4, -0.2) is 37.7 Å². The first-order valence-corrected chi connectivity index (χ1v) is 6.96. The van der Waals surface area contributed by atoms with Crippen molar-refractivity contribution in [2.45, 2.75) is 26.7 Å². The van der Waals surface area contributed by atoms with E-state index in [0.717, 1.165) is 25.2 Å². The van der Waals surface area contributed by atoms with Crippen LogP contribution >= 0.6 is 11.8 Å². The Kier molecular flexibility index (Phi) is 10.2. The molecule has 0 saturated carbocycles. The summed E-state index contributed by atoms with van der Waals surface area (Å²) in [5, 5.41) is 2.88. The van der Waals surface area contributed by atoms with E-state index >= 15 is 0 Å². The molecular formula is C11H23NO2S. The molecule has 1 atom stereocenters. The molecule has 0 aromatic heterocycles. The van der Waals surface area contributed by atoms with Crippen LogP contribution in [0.1, 0.15) is 26.7 Å². The summed E-state index contributed by atoms with van der Waals surface area (Å²) in [6, 6.07) is 0. The van der Waals surface area contributed by atoms with Crippen molar-refractivity contribution in [3.05, 3.63) is 0 Å². The van der Waals surface area contributed by atoms with Crippen molar-refractivity contribution in [3.8, 4) is 0 Å². The molecule has 0 bridgehead atoms. The quantitative estimate of drug-likeness (QED) is 0.618. The Bertz CT molecular complexity index is 165. The summed E-state index contributed by atoms with van der Waals surface area (Å²) < 4.78 is 5.28. The van der Waals surface area contributed by atoms with Crippen LogP contribution in [0.3, 0.4) is 0 Å². The molecule has 0 heterocycles. The second-order valence-corrected chi connectivity index (χ2v) is 4.57. The largest absolute Gasteiger partial charge is 0.380 e. The van der Waals surface area contributed by atoms with E-state index in [1.165, 1.54) is 0 Å². The molecule has 0 aliphatic heterocycles. The van der Waals surface area contributed by atoms with E-state index < -0.39 is 0 Å². The van der Waals surface area contributed by atoms with Crippen LogP contribution in [0.5, 0.6) is 0 Å². The van der Waals surface area contributed by atoms with Crippen LogP contribution in [0.4, 0.5) is 0 Å². The summed E-state index contributed by atoms with van der Waals surface area (Å²) in [6.45, 7) is 6.07. The van der Waals surface area contributed by atoms with E-state index in [2.05, 4.69) is 18.5 Å². The molecule has 1 amide bonds. The molecule has 0 rings (SSSR count). The van der Waals surface area contributed by atoms with Crippen LogP contribution < -0.4 is 5.32 Å². The van der Waals surface area contributed by atoms with Gasteiger partial charge in [0.1, 0.15) is 0 Å². The Morgan fingerprint density at radius 2 is 2.20 bits per heavy atom. The van der Waals surface area contributed by atoms with Gasteiger partial charge in [0.05, 0.1) is 6.61 Å². The standard InChI is InChI=1S/C11H23NO2S/c1-4-7-14-8-6-12-11(13)10(2)5-9-15-3/h10H,4-9H2,1-3H3,(H,12,13). The van der Waals surface area contributed by atoms with Crippen LogP contribution in [0.15, 0.2) is 0 Å². The maximum Gasteiger partial charge on any atom is 0.222 e. The van der Waals surface area contributed by atoms with E-state index in [0.29, 0.717) is 13.2 Å². The molecule has 0 aliphatic rings. The molecule has 0 aromatic rings. The zero-order valence-electron chi connectivity index (χ0n) is 10.0. The molecule has 0 aliphatic carbocycles. The van der Waals surface area contributed by atoms with Crippen molar-refractivity contribution in [2.24, 2.45) is 5.92 Å². The van der Waals surface area contributed by atoms with Crippen molar-refractivity contribution >= 4 is 17.7 Å². The molecule has 0 fully saturated rings.